The van der Waals surface area contributed by atoms with E-state index in [-0.39, 0.29) is 28.5 Å². The number of carbonyl (C=O) groups excluding carboxylic acids is 1. The topological polar surface area (TPSA) is 113 Å². The molecule has 9 nitrogen and oxygen atoms in total. The zero-order valence-electron chi connectivity index (χ0n) is 20.3. The van der Waals surface area contributed by atoms with Gasteiger partial charge in [0.25, 0.3) is 5.91 Å². The molecule has 2 saturated heterocycles. The number of nitrogens with one attached hydrogen (secondary N) is 1. The van der Waals surface area contributed by atoms with E-state index in [0.717, 1.165) is 38.5 Å². The van der Waals surface area contributed by atoms with Gasteiger partial charge in [-0.05, 0) is 68.1 Å². The largest absolute Gasteiger partial charge is 0.492 e. The van der Waals surface area contributed by atoms with Crippen molar-refractivity contribution < 1.29 is 26.4 Å². The molecule has 36 heavy (non-hydrogen) atoms. The Labute approximate surface area is 213 Å². The first-order valence-electron chi connectivity index (χ1n) is 12.4. The third-order valence-corrected chi connectivity index (χ3v) is 10.3. The number of carbonyl (C=O) groups is 1. The quantitative estimate of drug-likeness (QED) is 0.494. The van der Waals surface area contributed by atoms with E-state index >= 15 is 0 Å². The Morgan fingerprint density at radius 1 is 0.750 bits per heavy atom. The van der Waals surface area contributed by atoms with Crippen LogP contribution in [0, 0.1) is 0 Å². The molecular weight excluding hydrogens is 502 g/mol. The van der Waals surface area contributed by atoms with E-state index in [9.17, 15) is 21.6 Å². The summed E-state index contributed by atoms with van der Waals surface area (Å²) in [4.78, 5) is 13.0. The summed E-state index contributed by atoms with van der Waals surface area (Å²) < 4.78 is 59.9. The average molecular weight is 536 g/mol. The first-order chi connectivity index (χ1) is 17.3. The SMILES string of the molecule is O=C(NCCOc1ccc(S(=O)(=O)N2CCCC2)cc1)c1cccc(S(=O)(=O)N2CCCCCC2)c1. The highest BCUT2D eigenvalue weighted by atomic mass is 32.2. The highest BCUT2D eigenvalue weighted by Gasteiger charge is 2.27. The number of sulfonamides is 2. The van der Waals surface area contributed by atoms with E-state index in [1.54, 1.807) is 24.3 Å². The van der Waals surface area contributed by atoms with Crippen LogP contribution in [0.15, 0.2) is 58.3 Å². The lowest BCUT2D eigenvalue weighted by Gasteiger charge is -2.20. The normalized spacial score (nSPS) is 18.0. The van der Waals surface area contributed by atoms with Crippen molar-refractivity contribution in [3.8, 4) is 5.75 Å². The van der Waals surface area contributed by atoms with Crippen molar-refractivity contribution in [2.45, 2.75) is 48.3 Å². The van der Waals surface area contributed by atoms with Crippen molar-refractivity contribution in [3.63, 3.8) is 0 Å². The van der Waals surface area contributed by atoms with Gasteiger partial charge in [0.2, 0.25) is 20.0 Å². The lowest BCUT2D eigenvalue weighted by Crippen LogP contribution is -2.32. The summed E-state index contributed by atoms with van der Waals surface area (Å²) in [7, 11) is -7.11. The third kappa shape index (κ3) is 6.26. The Bertz CT molecular complexity index is 1250. The second kappa shape index (κ2) is 11.7. The molecule has 2 aromatic rings. The van der Waals surface area contributed by atoms with Crippen LogP contribution >= 0.6 is 0 Å². The monoisotopic (exact) mass is 535 g/mol. The number of hydrogen-bond donors (Lipinski definition) is 1. The highest BCUT2D eigenvalue weighted by Crippen LogP contribution is 2.23. The summed E-state index contributed by atoms with van der Waals surface area (Å²) in [6.45, 7) is 2.48. The molecule has 2 aromatic carbocycles. The number of ether oxygens (including phenoxy) is 1. The van der Waals surface area contributed by atoms with Gasteiger partial charge < -0.3 is 10.1 Å². The van der Waals surface area contributed by atoms with Gasteiger partial charge >= 0.3 is 0 Å². The molecule has 2 heterocycles. The number of hydrogen-bond acceptors (Lipinski definition) is 6. The van der Waals surface area contributed by atoms with E-state index in [4.69, 9.17) is 4.74 Å². The van der Waals surface area contributed by atoms with Crippen molar-refractivity contribution >= 4 is 26.0 Å². The predicted octanol–water partition coefficient (Wildman–Crippen LogP) is 2.84. The van der Waals surface area contributed by atoms with Crippen LogP contribution in [0.4, 0.5) is 0 Å². The minimum atomic E-state index is -3.64. The molecule has 2 fully saturated rings. The second-order valence-corrected chi connectivity index (χ2v) is 12.9. The Hall–Kier alpha value is -2.47. The lowest BCUT2D eigenvalue weighted by atomic mass is 10.2. The smallest absolute Gasteiger partial charge is 0.251 e. The van der Waals surface area contributed by atoms with Crippen molar-refractivity contribution in [1.29, 1.82) is 0 Å². The Balaban J connectivity index is 1.29. The van der Waals surface area contributed by atoms with Crippen LogP contribution in [0.3, 0.4) is 0 Å². The highest BCUT2D eigenvalue weighted by molar-refractivity contribution is 7.89. The summed E-state index contributed by atoms with van der Waals surface area (Å²) in [6.07, 6.45) is 5.50. The van der Waals surface area contributed by atoms with E-state index in [1.165, 1.54) is 32.9 Å². The van der Waals surface area contributed by atoms with Gasteiger partial charge in [0.1, 0.15) is 12.4 Å². The standard InChI is InChI=1S/C25H33N3O6S2/c29-25(21-8-7-9-24(20-21)36(32,33)28-15-3-1-2-4-16-28)26-14-19-34-22-10-12-23(13-11-22)35(30,31)27-17-5-6-18-27/h7-13,20H,1-6,14-19H2,(H,26,29). The van der Waals surface area contributed by atoms with Gasteiger partial charge in [-0.3, -0.25) is 4.79 Å². The maximum absolute atomic E-state index is 13.0. The van der Waals surface area contributed by atoms with Crippen molar-refractivity contribution in [1.82, 2.24) is 13.9 Å². The Morgan fingerprint density at radius 3 is 1.92 bits per heavy atom. The Kier molecular flexibility index (Phi) is 8.66. The second-order valence-electron chi connectivity index (χ2n) is 9.03. The fourth-order valence-electron chi connectivity index (χ4n) is 4.45. The first-order valence-corrected chi connectivity index (χ1v) is 15.3. The molecule has 196 valence electrons. The molecule has 0 unspecified atom stereocenters. The molecule has 4 rings (SSSR count). The van der Waals surface area contributed by atoms with Crippen LogP contribution in [-0.2, 0) is 20.0 Å². The Morgan fingerprint density at radius 2 is 1.31 bits per heavy atom. The minimum absolute atomic E-state index is 0.122. The maximum Gasteiger partial charge on any atom is 0.251 e. The van der Waals surface area contributed by atoms with Gasteiger partial charge in [0, 0.05) is 31.7 Å². The van der Waals surface area contributed by atoms with Gasteiger partial charge in [-0.15, -0.1) is 0 Å². The van der Waals surface area contributed by atoms with Crippen LogP contribution in [0.25, 0.3) is 0 Å². The van der Waals surface area contributed by atoms with Gasteiger partial charge in [-0.2, -0.15) is 8.61 Å². The number of rotatable bonds is 9. The fourth-order valence-corrected chi connectivity index (χ4v) is 7.53. The van der Waals surface area contributed by atoms with Gasteiger partial charge in [-0.25, -0.2) is 16.8 Å². The van der Waals surface area contributed by atoms with Crippen LogP contribution in [0.2, 0.25) is 0 Å². The summed E-state index contributed by atoms with van der Waals surface area (Å²) in [5, 5.41) is 2.74. The van der Waals surface area contributed by atoms with Crippen molar-refractivity contribution in [3.05, 3.63) is 54.1 Å². The molecule has 11 heteroatoms. The molecule has 0 bridgehead atoms. The van der Waals surface area contributed by atoms with Crippen LogP contribution in [0.1, 0.15) is 48.9 Å². The number of benzene rings is 2. The summed E-state index contributed by atoms with van der Waals surface area (Å²) in [5.74, 6) is 0.105. The molecule has 0 saturated carbocycles. The zero-order valence-corrected chi connectivity index (χ0v) is 21.9. The fraction of sp³-hybridized carbons (Fsp3) is 0.480. The van der Waals surface area contributed by atoms with Crippen LogP contribution < -0.4 is 10.1 Å². The molecule has 1 amide bonds. The summed E-state index contributed by atoms with van der Waals surface area (Å²) >= 11 is 0. The van der Waals surface area contributed by atoms with Crippen molar-refractivity contribution in [2.75, 3.05) is 39.3 Å². The average Bonchev–Trinajstić information content (AvgIpc) is 3.30. The predicted molar refractivity (Wildman–Crippen MR) is 136 cm³/mol. The molecule has 0 aromatic heterocycles. The van der Waals surface area contributed by atoms with Crippen LogP contribution in [0.5, 0.6) is 5.75 Å². The van der Waals surface area contributed by atoms with E-state index in [2.05, 4.69) is 5.32 Å². The van der Waals surface area contributed by atoms with Gasteiger partial charge in [-0.1, -0.05) is 18.9 Å². The van der Waals surface area contributed by atoms with Crippen molar-refractivity contribution in [2.24, 2.45) is 0 Å². The molecular formula is C25H33N3O6S2. The van der Waals surface area contributed by atoms with Crippen LogP contribution in [-0.4, -0.2) is 70.7 Å². The van der Waals surface area contributed by atoms with Gasteiger partial charge in [0.15, 0.2) is 0 Å². The van der Waals surface area contributed by atoms with E-state index in [1.807, 2.05) is 0 Å². The summed E-state index contributed by atoms with van der Waals surface area (Å²) in [5.41, 5.74) is 0.266. The lowest BCUT2D eigenvalue weighted by molar-refractivity contribution is 0.0946. The molecule has 0 spiro atoms. The number of amides is 1. The maximum atomic E-state index is 13.0. The number of nitrogens with zero attached hydrogens (tertiary/aromatic N) is 2. The molecule has 0 aliphatic carbocycles. The third-order valence-electron chi connectivity index (χ3n) is 6.48. The van der Waals surface area contributed by atoms with E-state index in [0.29, 0.717) is 31.9 Å². The molecule has 1 N–H and O–H groups in total. The van der Waals surface area contributed by atoms with Gasteiger partial charge in [0.05, 0.1) is 16.3 Å². The summed E-state index contributed by atoms with van der Waals surface area (Å²) in [6, 6.07) is 12.3. The molecule has 2 aliphatic rings. The zero-order chi connectivity index (χ0) is 25.6. The first kappa shape index (κ1) is 26.6. The van der Waals surface area contributed by atoms with E-state index < -0.39 is 26.0 Å². The minimum Gasteiger partial charge on any atom is -0.492 e. The molecule has 0 atom stereocenters. The molecule has 2 aliphatic heterocycles. The molecule has 0 radical (unpaired) electrons.